The Kier molecular flexibility index (Phi) is 6.17. The lowest BCUT2D eigenvalue weighted by atomic mass is 9.96. The molecule has 5 heteroatoms. The van der Waals surface area contributed by atoms with Gasteiger partial charge in [0.2, 0.25) is 0 Å². The minimum Gasteiger partial charge on any atom is -0.372 e. The van der Waals surface area contributed by atoms with E-state index in [1.165, 1.54) is 25.1 Å². The first kappa shape index (κ1) is 18.7. The lowest BCUT2D eigenvalue weighted by molar-refractivity contribution is 0.102. The number of benzene rings is 2. The molecule has 1 amide bonds. The van der Waals surface area contributed by atoms with Crippen molar-refractivity contribution in [1.29, 1.82) is 0 Å². The van der Waals surface area contributed by atoms with E-state index in [0.29, 0.717) is 10.6 Å². The second kappa shape index (κ2) is 8.56. The van der Waals surface area contributed by atoms with Gasteiger partial charge in [-0.3, -0.25) is 4.79 Å². The third-order valence-electron chi connectivity index (χ3n) is 4.82. The maximum Gasteiger partial charge on any atom is 0.255 e. The van der Waals surface area contributed by atoms with E-state index < -0.39 is 0 Å². The van der Waals surface area contributed by atoms with Crippen molar-refractivity contribution in [2.45, 2.75) is 12.8 Å². The number of nitrogens with one attached hydrogen (secondary N) is 1. The predicted octanol–water partition coefficient (Wildman–Crippen LogP) is 4.37. The van der Waals surface area contributed by atoms with E-state index in [9.17, 15) is 4.79 Å². The van der Waals surface area contributed by atoms with Crippen LogP contribution in [0.1, 0.15) is 23.2 Å². The largest absolute Gasteiger partial charge is 0.372 e. The van der Waals surface area contributed by atoms with Crippen LogP contribution in [0.15, 0.2) is 48.5 Å². The van der Waals surface area contributed by atoms with Crippen LogP contribution in [0.3, 0.4) is 0 Å². The van der Waals surface area contributed by atoms with Crippen molar-refractivity contribution in [2.75, 3.05) is 43.9 Å². The number of anilines is 2. The Morgan fingerprint density at radius 2 is 1.85 bits per heavy atom. The fourth-order valence-electron chi connectivity index (χ4n) is 3.48. The summed E-state index contributed by atoms with van der Waals surface area (Å²) >= 11 is 5.95. The second-order valence-electron chi connectivity index (χ2n) is 7.20. The van der Waals surface area contributed by atoms with E-state index in [4.69, 9.17) is 11.6 Å². The molecule has 1 heterocycles. The third kappa shape index (κ3) is 4.99. The van der Waals surface area contributed by atoms with Crippen molar-refractivity contribution in [3.63, 3.8) is 0 Å². The summed E-state index contributed by atoms with van der Waals surface area (Å²) in [5.41, 5.74) is 2.57. The number of carbonyl (C=O) groups is 1. The van der Waals surface area contributed by atoms with Crippen LogP contribution in [-0.2, 0) is 0 Å². The van der Waals surface area contributed by atoms with E-state index in [-0.39, 0.29) is 5.91 Å². The summed E-state index contributed by atoms with van der Waals surface area (Å²) in [5, 5.41) is 3.48. The van der Waals surface area contributed by atoms with Crippen LogP contribution < -0.4 is 10.2 Å². The monoisotopic (exact) mass is 371 g/mol. The zero-order chi connectivity index (χ0) is 18.5. The molecule has 2 aromatic carbocycles. The zero-order valence-corrected chi connectivity index (χ0v) is 16.2. The molecule has 0 bridgehead atoms. The van der Waals surface area contributed by atoms with Crippen LogP contribution in [0, 0.1) is 5.92 Å². The Morgan fingerprint density at radius 3 is 2.46 bits per heavy atom. The Hall–Kier alpha value is -2.04. The average Bonchev–Trinajstić information content (AvgIpc) is 2.62. The van der Waals surface area contributed by atoms with Crippen LogP contribution in [-0.4, -0.2) is 44.5 Å². The van der Waals surface area contributed by atoms with E-state index >= 15 is 0 Å². The highest BCUT2D eigenvalue weighted by molar-refractivity contribution is 6.31. The highest BCUT2D eigenvalue weighted by atomic mass is 35.5. The first-order valence-electron chi connectivity index (χ1n) is 9.08. The van der Waals surface area contributed by atoms with E-state index in [1.54, 1.807) is 24.3 Å². The number of amides is 1. The molecule has 1 saturated heterocycles. The molecule has 2 aromatic rings. The molecule has 0 radical (unpaired) electrons. The minimum atomic E-state index is -0.148. The summed E-state index contributed by atoms with van der Waals surface area (Å²) in [6.45, 7) is 3.35. The quantitative estimate of drug-likeness (QED) is 0.847. The summed E-state index contributed by atoms with van der Waals surface area (Å²) in [5.74, 6) is 0.641. The van der Waals surface area contributed by atoms with Crippen LogP contribution in [0.2, 0.25) is 5.02 Å². The molecule has 0 unspecified atom stereocenters. The normalized spacial score (nSPS) is 15.3. The number of halogens is 1. The molecule has 0 saturated carbocycles. The van der Waals surface area contributed by atoms with Crippen LogP contribution in [0.4, 0.5) is 11.4 Å². The Balaban J connectivity index is 1.56. The molecule has 3 rings (SSSR count). The number of hydrogen-bond acceptors (Lipinski definition) is 3. The van der Waals surface area contributed by atoms with E-state index in [0.717, 1.165) is 24.7 Å². The second-order valence-corrected chi connectivity index (χ2v) is 7.64. The molecule has 0 spiro atoms. The molecule has 138 valence electrons. The van der Waals surface area contributed by atoms with Gasteiger partial charge in [0.15, 0.2) is 0 Å². The molecule has 0 aromatic heterocycles. The molecular formula is C21H26ClN3O. The molecule has 1 N–H and O–H groups in total. The lowest BCUT2D eigenvalue weighted by Crippen LogP contribution is -2.37. The average molecular weight is 372 g/mol. The van der Waals surface area contributed by atoms with Gasteiger partial charge in [-0.25, -0.2) is 0 Å². The highest BCUT2D eigenvalue weighted by Gasteiger charge is 2.19. The van der Waals surface area contributed by atoms with Crippen molar-refractivity contribution < 1.29 is 4.79 Å². The topological polar surface area (TPSA) is 35.6 Å². The summed E-state index contributed by atoms with van der Waals surface area (Å²) in [6.07, 6.45) is 2.46. The van der Waals surface area contributed by atoms with E-state index in [2.05, 4.69) is 41.3 Å². The summed E-state index contributed by atoms with van der Waals surface area (Å²) in [4.78, 5) is 17.0. The molecule has 1 aliphatic heterocycles. The number of carbonyl (C=O) groups excluding carboxylic acids is 1. The standard InChI is InChI=1S/C21H26ClN3O/c1-24(2)15-16-10-12-25(13-11-16)20-8-6-19(7-9-20)23-21(26)17-4-3-5-18(22)14-17/h3-9,14,16H,10-13,15H2,1-2H3,(H,23,26). The van der Waals surface area contributed by atoms with Gasteiger partial charge < -0.3 is 15.1 Å². The van der Waals surface area contributed by atoms with Crippen LogP contribution in [0.5, 0.6) is 0 Å². The van der Waals surface area contributed by atoms with Gasteiger partial charge in [-0.15, -0.1) is 0 Å². The van der Waals surface area contributed by atoms with Gasteiger partial charge in [0.05, 0.1) is 0 Å². The number of nitrogens with zero attached hydrogens (tertiary/aromatic N) is 2. The van der Waals surface area contributed by atoms with Crippen molar-refractivity contribution >= 4 is 28.9 Å². The van der Waals surface area contributed by atoms with Gasteiger partial charge in [-0.1, -0.05) is 17.7 Å². The Bertz CT molecular complexity index is 737. The molecule has 0 atom stereocenters. The van der Waals surface area contributed by atoms with Crippen molar-refractivity contribution in [2.24, 2.45) is 5.92 Å². The van der Waals surface area contributed by atoms with Crippen LogP contribution >= 0.6 is 11.6 Å². The smallest absolute Gasteiger partial charge is 0.255 e. The summed E-state index contributed by atoms with van der Waals surface area (Å²) < 4.78 is 0. The number of hydrogen-bond donors (Lipinski definition) is 1. The fraction of sp³-hybridized carbons (Fsp3) is 0.381. The first-order chi connectivity index (χ1) is 12.5. The van der Waals surface area contributed by atoms with Crippen LogP contribution in [0.25, 0.3) is 0 Å². The maximum absolute atomic E-state index is 12.3. The molecule has 4 nitrogen and oxygen atoms in total. The predicted molar refractivity (Wildman–Crippen MR) is 109 cm³/mol. The minimum absolute atomic E-state index is 0.148. The Morgan fingerprint density at radius 1 is 1.15 bits per heavy atom. The Labute approximate surface area is 160 Å². The molecule has 1 aliphatic rings. The van der Waals surface area contributed by atoms with Gasteiger partial charge in [-0.05, 0) is 75.3 Å². The molecular weight excluding hydrogens is 346 g/mol. The van der Waals surface area contributed by atoms with Gasteiger partial charge >= 0.3 is 0 Å². The number of piperidine rings is 1. The molecule has 26 heavy (non-hydrogen) atoms. The summed E-state index contributed by atoms with van der Waals surface area (Å²) in [7, 11) is 4.28. The molecule has 0 aliphatic carbocycles. The first-order valence-corrected chi connectivity index (χ1v) is 9.46. The number of rotatable bonds is 5. The van der Waals surface area contributed by atoms with Crippen molar-refractivity contribution in [1.82, 2.24) is 4.90 Å². The zero-order valence-electron chi connectivity index (χ0n) is 15.4. The SMILES string of the molecule is CN(C)CC1CCN(c2ccc(NC(=O)c3cccc(Cl)c3)cc2)CC1. The van der Waals surface area contributed by atoms with Gasteiger partial charge in [0.25, 0.3) is 5.91 Å². The van der Waals surface area contributed by atoms with E-state index in [1.807, 2.05) is 12.1 Å². The lowest BCUT2D eigenvalue weighted by Gasteiger charge is -2.34. The highest BCUT2D eigenvalue weighted by Crippen LogP contribution is 2.25. The van der Waals surface area contributed by atoms with Crippen molar-refractivity contribution in [3.05, 3.63) is 59.1 Å². The fourth-order valence-corrected chi connectivity index (χ4v) is 3.67. The van der Waals surface area contributed by atoms with Gasteiger partial charge in [0, 0.05) is 41.6 Å². The van der Waals surface area contributed by atoms with Gasteiger partial charge in [0.1, 0.15) is 0 Å². The third-order valence-corrected chi connectivity index (χ3v) is 5.05. The maximum atomic E-state index is 12.3. The molecule has 1 fully saturated rings. The summed E-state index contributed by atoms with van der Waals surface area (Å²) in [6, 6.07) is 15.1. The van der Waals surface area contributed by atoms with Crippen molar-refractivity contribution in [3.8, 4) is 0 Å². The van der Waals surface area contributed by atoms with Gasteiger partial charge in [-0.2, -0.15) is 0 Å².